The zero-order valence-electron chi connectivity index (χ0n) is 22.3. The lowest BCUT2D eigenvalue weighted by Crippen LogP contribution is -2.03. The van der Waals surface area contributed by atoms with Crippen LogP contribution in [0.5, 0.6) is 17.4 Å². The van der Waals surface area contributed by atoms with Gasteiger partial charge in [-0.05, 0) is 61.9 Å². The Kier molecular flexibility index (Phi) is 8.39. The topological polar surface area (TPSA) is 142 Å². The van der Waals surface area contributed by atoms with E-state index in [0.29, 0.717) is 46.8 Å². The molecule has 5 aromatic rings. The molecule has 2 N–H and O–H groups in total. The lowest BCUT2D eigenvalue weighted by atomic mass is 10.2. The molecule has 11 nitrogen and oxygen atoms in total. The van der Waals surface area contributed by atoms with Crippen molar-refractivity contribution in [2.75, 3.05) is 6.61 Å². The molecular weight excluding hydrogens is 549 g/mol. The summed E-state index contributed by atoms with van der Waals surface area (Å²) in [5, 5.41) is 4.48. The number of rotatable bonds is 12. The fraction of sp³-hybridized carbons (Fsp3) is 0.172. The number of oxazole rings is 1. The van der Waals surface area contributed by atoms with Gasteiger partial charge in [0.2, 0.25) is 5.88 Å². The first-order chi connectivity index (χ1) is 19.8. The number of benzene rings is 2. The lowest BCUT2D eigenvalue weighted by Gasteiger charge is -2.13. The number of para-hydroxylation sites is 1. The van der Waals surface area contributed by atoms with Crippen molar-refractivity contribution in [3.05, 3.63) is 102 Å². The molecule has 0 radical (unpaired) electrons. The van der Waals surface area contributed by atoms with E-state index in [0.717, 1.165) is 17.1 Å². The SMILES string of the molecule is CCOc1cc(COc2nn(-c3ccccc3)cc2C=CP(=O)(O)O)ccc1OCc1nc(-c2ccco2)oc1C. The summed E-state index contributed by atoms with van der Waals surface area (Å²) in [6.45, 7) is 4.39. The molecule has 0 saturated heterocycles. The maximum atomic E-state index is 11.4. The largest absolute Gasteiger partial charge is 0.490 e. The Morgan fingerprint density at radius 2 is 1.83 bits per heavy atom. The molecule has 0 fully saturated rings. The summed E-state index contributed by atoms with van der Waals surface area (Å²) in [5.41, 5.74) is 2.60. The van der Waals surface area contributed by atoms with Crippen LogP contribution in [0.3, 0.4) is 0 Å². The monoisotopic (exact) mass is 577 g/mol. The van der Waals surface area contributed by atoms with Crippen LogP contribution in [0, 0.1) is 6.92 Å². The highest BCUT2D eigenvalue weighted by molar-refractivity contribution is 7.55. The molecule has 0 spiro atoms. The minimum atomic E-state index is -4.37. The van der Waals surface area contributed by atoms with Gasteiger partial charge in [0.1, 0.15) is 24.7 Å². The standard InChI is InChI=1S/C29H28N3O8P/c1-3-36-27-16-21(11-12-25(27)38-19-24-20(2)40-29(30-24)26-10-7-14-37-26)18-39-28-22(13-15-41(33,34)35)17-32(31-28)23-8-5-4-6-9-23/h4-17H,3,18-19H2,1-2H3,(H2,33,34,35). The first kappa shape index (κ1) is 28.0. The minimum absolute atomic E-state index is 0.123. The molecule has 0 unspecified atom stereocenters. The number of aryl methyl sites for hydroxylation is 1. The maximum Gasteiger partial charge on any atom is 0.349 e. The number of furan rings is 1. The van der Waals surface area contributed by atoms with Crippen molar-refractivity contribution < 1.29 is 37.4 Å². The average Bonchev–Trinajstić information content (AvgIpc) is 3.71. The van der Waals surface area contributed by atoms with E-state index in [1.165, 1.54) is 6.08 Å². The Labute approximate surface area is 235 Å². The zero-order chi connectivity index (χ0) is 28.8. The van der Waals surface area contributed by atoms with Crippen LogP contribution in [0.15, 0.2) is 87.8 Å². The molecule has 12 heteroatoms. The first-order valence-electron chi connectivity index (χ1n) is 12.7. The van der Waals surface area contributed by atoms with Crippen molar-refractivity contribution in [1.82, 2.24) is 14.8 Å². The van der Waals surface area contributed by atoms with Gasteiger partial charge >= 0.3 is 7.60 Å². The zero-order valence-corrected chi connectivity index (χ0v) is 23.2. The molecule has 0 atom stereocenters. The summed E-state index contributed by atoms with van der Waals surface area (Å²) in [6.07, 6.45) is 4.50. The summed E-state index contributed by atoms with van der Waals surface area (Å²) in [5.74, 6) is 3.62. The van der Waals surface area contributed by atoms with Crippen LogP contribution in [0.4, 0.5) is 0 Å². The maximum absolute atomic E-state index is 11.4. The quantitative estimate of drug-likeness (QED) is 0.166. The van der Waals surface area contributed by atoms with Crippen LogP contribution < -0.4 is 14.2 Å². The number of hydrogen-bond acceptors (Lipinski definition) is 8. The van der Waals surface area contributed by atoms with E-state index in [-0.39, 0.29) is 19.1 Å². The van der Waals surface area contributed by atoms with E-state index in [9.17, 15) is 14.4 Å². The van der Waals surface area contributed by atoms with Gasteiger partial charge in [0, 0.05) is 12.0 Å². The number of hydrogen-bond donors (Lipinski definition) is 2. The van der Waals surface area contributed by atoms with Gasteiger partial charge < -0.3 is 32.8 Å². The lowest BCUT2D eigenvalue weighted by molar-refractivity contribution is 0.262. The first-order valence-corrected chi connectivity index (χ1v) is 14.4. The van der Waals surface area contributed by atoms with E-state index in [4.69, 9.17) is 23.0 Å². The molecule has 5 rings (SSSR count). The molecular formula is C29H28N3O8P. The second-order valence-electron chi connectivity index (χ2n) is 8.87. The molecule has 3 heterocycles. The van der Waals surface area contributed by atoms with Gasteiger partial charge in [0.05, 0.1) is 24.1 Å². The Bertz CT molecular complexity index is 1670. The van der Waals surface area contributed by atoms with Crippen LogP contribution in [0.1, 0.15) is 29.5 Å². The fourth-order valence-corrected chi connectivity index (χ4v) is 4.24. The summed E-state index contributed by atoms with van der Waals surface area (Å²) >= 11 is 0. The van der Waals surface area contributed by atoms with E-state index < -0.39 is 7.60 Å². The van der Waals surface area contributed by atoms with Gasteiger partial charge in [-0.3, -0.25) is 4.57 Å². The fourth-order valence-electron chi connectivity index (χ4n) is 3.88. The number of ether oxygens (including phenoxy) is 3. The summed E-state index contributed by atoms with van der Waals surface area (Å²) in [4.78, 5) is 23.1. The molecule has 0 aliphatic rings. The molecule has 41 heavy (non-hydrogen) atoms. The van der Waals surface area contributed by atoms with Crippen molar-refractivity contribution in [2.24, 2.45) is 0 Å². The van der Waals surface area contributed by atoms with Crippen LogP contribution in [-0.4, -0.2) is 31.2 Å². The average molecular weight is 578 g/mol. The molecule has 0 saturated carbocycles. The van der Waals surface area contributed by atoms with Crippen molar-refractivity contribution in [2.45, 2.75) is 27.1 Å². The Hall–Kier alpha value is -4.57. The molecule has 0 aliphatic heterocycles. The molecule has 2 aromatic carbocycles. The smallest absolute Gasteiger partial charge is 0.349 e. The van der Waals surface area contributed by atoms with Gasteiger partial charge in [-0.15, -0.1) is 5.10 Å². The van der Waals surface area contributed by atoms with E-state index in [2.05, 4.69) is 10.1 Å². The van der Waals surface area contributed by atoms with Gasteiger partial charge in [0.15, 0.2) is 17.3 Å². The predicted octanol–water partition coefficient (Wildman–Crippen LogP) is 6.13. The third kappa shape index (κ3) is 7.15. The third-order valence-corrected chi connectivity index (χ3v) is 6.39. The molecule has 3 aromatic heterocycles. The molecule has 0 aliphatic carbocycles. The van der Waals surface area contributed by atoms with Crippen LogP contribution in [-0.2, 0) is 17.8 Å². The molecule has 212 valence electrons. The Balaban J connectivity index is 1.32. The normalized spacial score (nSPS) is 11.7. The van der Waals surface area contributed by atoms with Crippen molar-refractivity contribution in [3.63, 3.8) is 0 Å². The van der Waals surface area contributed by atoms with Gasteiger partial charge in [-0.2, -0.15) is 0 Å². The molecule has 0 bridgehead atoms. The van der Waals surface area contributed by atoms with Crippen LogP contribution in [0.25, 0.3) is 23.4 Å². The number of nitrogens with zero attached hydrogens (tertiary/aromatic N) is 3. The van der Waals surface area contributed by atoms with Gasteiger partial charge in [-0.25, -0.2) is 9.67 Å². The number of aromatic nitrogens is 3. The highest BCUT2D eigenvalue weighted by atomic mass is 31.2. The summed E-state index contributed by atoms with van der Waals surface area (Å²) < 4.78 is 41.9. The minimum Gasteiger partial charge on any atom is -0.490 e. The second-order valence-corrected chi connectivity index (χ2v) is 10.3. The van der Waals surface area contributed by atoms with Gasteiger partial charge in [-0.1, -0.05) is 24.3 Å². The van der Waals surface area contributed by atoms with Crippen LogP contribution >= 0.6 is 7.60 Å². The van der Waals surface area contributed by atoms with Crippen molar-refractivity contribution in [3.8, 4) is 34.7 Å². The second kappa shape index (κ2) is 12.3. The third-order valence-electron chi connectivity index (χ3n) is 5.85. The highest BCUT2D eigenvalue weighted by Gasteiger charge is 2.16. The van der Waals surface area contributed by atoms with E-state index in [1.807, 2.05) is 56.3 Å². The summed E-state index contributed by atoms with van der Waals surface area (Å²) in [6, 6.07) is 18.3. The Morgan fingerprint density at radius 3 is 2.56 bits per heavy atom. The predicted molar refractivity (Wildman–Crippen MR) is 150 cm³/mol. The van der Waals surface area contributed by atoms with Crippen molar-refractivity contribution >= 4 is 13.7 Å². The van der Waals surface area contributed by atoms with E-state index >= 15 is 0 Å². The van der Waals surface area contributed by atoms with E-state index in [1.54, 1.807) is 35.3 Å². The molecule has 0 amide bonds. The van der Waals surface area contributed by atoms with Crippen molar-refractivity contribution in [1.29, 1.82) is 0 Å². The Morgan fingerprint density at radius 1 is 1.00 bits per heavy atom. The van der Waals surface area contributed by atoms with Crippen LogP contribution in [0.2, 0.25) is 0 Å². The van der Waals surface area contributed by atoms with Gasteiger partial charge in [0.25, 0.3) is 5.89 Å². The summed E-state index contributed by atoms with van der Waals surface area (Å²) in [7, 11) is -4.37. The highest BCUT2D eigenvalue weighted by Crippen LogP contribution is 2.38.